The van der Waals surface area contributed by atoms with Crippen LogP contribution in [0.15, 0.2) is 18.5 Å². The molecule has 0 aromatic carbocycles. The molecule has 3 N–H and O–H groups in total. The highest BCUT2D eigenvalue weighted by Crippen LogP contribution is 2.46. The van der Waals surface area contributed by atoms with Gasteiger partial charge in [0.1, 0.15) is 6.10 Å². The van der Waals surface area contributed by atoms with Crippen molar-refractivity contribution in [2.24, 2.45) is 0 Å². The van der Waals surface area contributed by atoms with Crippen LogP contribution in [0, 0.1) is 0 Å². The van der Waals surface area contributed by atoms with Gasteiger partial charge in [0.2, 0.25) is 0 Å². The second-order valence-corrected chi connectivity index (χ2v) is 6.27. The van der Waals surface area contributed by atoms with E-state index in [1.54, 1.807) is 18.5 Å². The first kappa shape index (κ1) is 13.8. The predicted molar refractivity (Wildman–Crippen MR) is 80.2 cm³/mol. The fourth-order valence-electron chi connectivity index (χ4n) is 4.02. The second kappa shape index (κ2) is 5.70. The minimum atomic E-state index is -0.517. The molecule has 3 rings (SSSR count). The van der Waals surface area contributed by atoms with Gasteiger partial charge in [-0.1, -0.05) is 19.3 Å². The van der Waals surface area contributed by atoms with E-state index in [-0.39, 0.29) is 5.54 Å². The fraction of sp³-hybridized carbons (Fsp3) is 0.688. The molecule has 1 aromatic rings. The minimum Gasteiger partial charge on any atom is -0.398 e. The molecule has 1 aromatic heterocycles. The van der Waals surface area contributed by atoms with Crippen LogP contribution in [0.2, 0.25) is 0 Å². The number of aromatic nitrogens is 1. The summed E-state index contributed by atoms with van der Waals surface area (Å²) in [4.78, 5) is 6.68. The molecule has 1 unspecified atom stereocenters. The summed E-state index contributed by atoms with van der Waals surface area (Å²) in [6.07, 6.45) is 11.3. The molecule has 1 aliphatic heterocycles. The number of pyridine rings is 1. The van der Waals surface area contributed by atoms with Gasteiger partial charge in [0, 0.05) is 23.6 Å². The normalized spacial score (nSPS) is 24.6. The number of piperidine rings is 1. The van der Waals surface area contributed by atoms with Crippen LogP contribution >= 0.6 is 0 Å². The summed E-state index contributed by atoms with van der Waals surface area (Å²) in [7, 11) is 0. The van der Waals surface area contributed by atoms with Gasteiger partial charge in [0.25, 0.3) is 0 Å². The SMILES string of the molecule is Nc1ccncc1C(O)C1(N2CCCCC2)CCCC1. The van der Waals surface area contributed by atoms with E-state index in [0.717, 1.165) is 31.5 Å². The van der Waals surface area contributed by atoms with Crippen LogP contribution in [-0.2, 0) is 0 Å². The Labute approximate surface area is 121 Å². The average molecular weight is 275 g/mol. The van der Waals surface area contributed by atoms with Gasteiger partial charge in [-0.25, -0.2) is 0 Å². The summed E-state index contributed by atoms with van der Waals surface area (Å²) in [5.41, 5.74) is 7.41. The van der Waals surface area contributed by atoms with E-state index < -0.39 is 6.10 Å². The standard InChI is InChI=1S/C16H25N3O/c17-14-6-9-18-12-13(14)15(20)16(7-2-3-8-16)19-10-4-1-5-11-19/h6,9,12,15,20H,1-5,7-8,10-11H2,(H2,17,18). The molecule has 110 valence electrons. The molecule has 1 saturated heterocycles. The number of nitrogen functional groups attached to an aromatic ring is 1. The quantitative estimate of drug-likeness (QED) is 0.889. The molecule has 2 aliphatic rings. The number of nitrogens with zero attached hydrogens (tertiary/aromatic N) is 2. The summed E-state index contributed by atoms with van der Waals surface area (Å²) in [6.45, 7) is 2.22. The Bertz CT molecular complexity index is 451. The van der Waals surface area contributed by atoms with Crippen molar-refractivity contribution in [1.29, 1.82) is 0 Å². The molecule has 0 bridgehead atoms. The number of hydrogen-bond donors (Lipinski definition) is 2. The van der Waals surface area contributed by atoms with Crippen LogP contribution < -0.4 is 5.73 Å². The number of likely N-dealkylation sites (tertiary alicyclic amines) is 1. The van der Waals surface area contributed by atoms with Gasteiger partial charge in [-0.15, -0.1) is 0 Å². The minimum absolute atomic E-state index is 0.114. The molecule has 0 amide bonds. The predicted octanol–water partition coefficient (Wildman–Crippen LogP) is 2.50. The van der Waals surface area contributed by atoms with E-state index in [0.29, 0.717) is 5.69 Å². The van der Waals surface area contributed by atoms with Crippen LogP contribution in [0.5, 0.6) is 0 Å². The van der Waals surface area contributed by atoms with E-state index in [2.05, 4.69) is 9.88 Å². The summed E-state index contributed by atoms with van der Waals surface area (Å²) >= 11 is 0. The Morgan fingerprint density at radius 3 is 2.50 bits per heavy atom. The van der Waals surface area contributed by atoms with E-state index in [1.165, 1.54) is 32.1 Å². The first-order valence-corrected chi connectivity index (χ1v) is 7.86. The number of hydrogen-bond acceptors (Lipinski definition) is 4. The third-order valence-corrected chi connectivity index (χ3v) is 5.15. The topological polar surface area (TPSA) is 62.4 Å². The zero-order chi connectivity index (χ0) is 14.0. The summed E-state index contributed by atoms with van der Waals surface area (Å²) in [5.74, 6) is 0. The molecule has 0 spiro atoms. The molecule has 0 radical (unpaired) electrons. The highest BCUT2D eigenvalue weighted by Gasteiger charge is 2.46. The Morgan fingerprint density at radius 1 is 1.15 bits per heavy atom. The van der Waals surface area contributed by atoms with Crippen LogP contribution in [0.4, 0.5) is 5.69 Å². The maximum absolute atomic E-state index is 11.0. The number of nitrogens with two attached hydrogens (primary N) is 1. The third kappa shape index (κ3) is 2.31. The van der Waals surface area contributed by atoms with Gasteiger partial charge in [-0.2, -0.15) is 0 Å². The fourth-order valence-corrected chi connectivity index (χ4v) is 4.02. The molecule has 1 aliphatic carbocycles. The molecule has 2 fully saturated rings. The number of rotatable bonds is 3. The lowest BCUT2D eigenvalue weighted by molar-refractivity contribution is -0.0403. The summed E-state index contributed by atoms with van der Waals surface area (Å²) < 4.78 is 0. The lowest BCUT2D eigenvalue weighted by atomic mass is 9.83. The second-order valence-electron chi connectivity index (χ2n) is 6.27. The number of aliphatic hydroxyl groups excluding tert-OH is 1. The maximum atomic E-state index is 11.0. The molecule has 20 heavy (non-hydrogen) atoms. The van der Waals surface area contributed by atoms with Gasteiger partial charge in [-0.3, -0.25) is 9.88 Å². The Balaban J connectivity index is 1.91. The van der Waals surface area contributed by atoms with Crippen molar-refractivity contribution in [2.45, 2.75) is 56.6 Å². The van der Waals surface area contributed by atoms with Crippen molar-refractivity contribution in [3.8, 4) is 0 Å². The lowest BCUT2D eigenvalue weighted by Gasteiger charge is -2.46. The third-order valence-electron chi connectivity index (χ3n) is 5.15. The van der Waals surface area contributed by atoms with E-state index in [9.17, 15) is 5.11 Å². The van der Waals surface area contributed by atoms with Crippen molar-refractivity contribution in [3.63, 3.8) is 0 Å². The first-order valence-electron chi connectivity index (χ1n) is 7.86. The van der Waals surface area contributed by atoms with E-state index >= 15 is 0 Å². The summed E-state index contributed by atoms with van der Waals surface area (Å²) in [5, 5.41) is 11.0. The number of anilines is 1. The largest absolute Gasteiger partial charge is 0.398 e. The Kier molecular flexibility index (Phi) is 3.94. The molecular formula is C16H25N3O. The Hall–Kier alpha value is -1.13. The lowest BCUT2D eigenvalue weighted by Crippen LogP contribution is -2.53. The van der Waals surface area contributed by atoms with Crippen molar-refractivity contribution >= 4 is 5.69 Å². The molecule has 2 heterocycles. The molecule has 1 saturated carbocycles. The van der Waals surface area contributed by atoms with Crippen LogP contribution in [0.1, 0.15) is 56.6 Å². The first-order chi connectivity index (χ1) is 9.74. The van der Waals surface area contributed by atoms with Gasteiger partial charge in [0.15, 0.2) is 0 Å². The highest BCUT2D eigenvalue weighted by atomic mass is 16.3. The smallest absolute Gasteiger partial charge is 0.101 e. The maximum Gasteiger partial charge on any atom is 0.101 e. The zero-order valence-corrected chi connectivity index (χ0v) is 12.1. The van der Waals surface area contributed by atoms with Crippen LogP contribution in [0.25, 0.3) is 0 Å². The number of aliphatic hydroxyl groups is 1. The monoisotopic (exact) mass is 275 g/mol. The van der Waals surface area contributed by atoms with Crippen molar-refractivity contribution < 1.29 is 5.11 Å². The summed E-state index contributed by atoms with van der Waals surface area (Å²) in [6, 6.07) is 1.79. The van der Waals surface area contributed by atoms with Gasteiger partial charge < -0.3 is 10.8 Å². The van der Waals surface area contributed by atoms with Crippen molar-refractivity contribution in [3.05, 3.63) is 24.0 Å². The molecule has 1 atom stereocenters. The van der Waals surface area contributed by atoms with Crippen LogP contribution in [0.3, 0.4) is 0 Å². The van der Waals surface area contributed by atoms with Gasteiger partial charge >= 0.3 is 0 Å². The zero-order valence-electron chi connectivity index (χ0n) is 12.1. The average Bonchev–Trinajstić information content (AvgIpc) is 2.99. The molecule has 4 heteroatoms. The van der Waals surface area contributed by atoms with Gasteiger partial charge in [0.05, 0.1) is 5.54 Å². The highest BCUT2D eigenvalue weighted by molar-refractivity contribution is 5.47. The Morgan fingerprint density at radius 2 is 1.85 bits per heavy atom. The van der Waals surface area contributed by atoms with Crippen molar-refractivity contribution in [2.75, 3.05) is 18.8 Å². The van der Waals surface area contributed by atoms with E-state index in [4.69, 9.17) is 5.73 Å². The van der Waals surface area contributed by atoms with E-state index in [1.807, 2.05) is 0 Å². The van der Waals surface area contributed by atoms with Crippen LogP contribution in [-0.4, -0.2) is 33.6 Å². The molecule has 4 nitrogen and oxygen atoms in total. The molecular weight excluding hydrogens is 250 g/mol. The van der Waals surface area contributed by atoms with Gasteiger partial charge in [-0.05, 0) is 44.8 Å². The van der Waals surface area contributed by atoms with Crippen molar-refractivity contribution in [1.82, 2.24) is 9.88 Å².